The Morgan fingerprint density at radius 1 is 1.15 bits per heavy atom. The first-order valence-electron chi connectivity index (χ1n) is 8.23. The van der Waals surface area contributed by atoms with E-state index in [4.69, 9.17) is 21.1 Å². The first kappa shape index (κ1) is 18.2. The van der Waals surface area contributed by atoms with Crippen LogP contribution in [0.3, 0.4) is 0 Å². The number of hydrogen-bond acceptors (Lipinski definition) is 4. The molecule has 4 nitrogen and oxygen atoms in total. The van der Waals surface area contributed by atoms with Gasteiger partial charge in [0.15, 0.2) is 5.76 Å². The van der Waals surface area contributed by atoms with Crippen molar-refractivity contribution in [2.45, 2.75) is 27.7 Å². The van der Waals surface area contributed by atoms with Gasteiger partial charge in [-0.3, -0.25) is 9.59 Å². The molecule has 5 heteroatoms. The molecule has 1 aliphatic rings. The first-order chi connectivity index (χ1) is 12.2. The number of ketones is 1. The van der Waals surface area contributed by atoms with E-state index < -0.39 is 5.41 Å². The van der Waals surface area contributed by atoms with Gasteiger partial charge in [0.2, 0.25) is 5.78 Å². The molecule has 0 saturated carbocycles. The molecule has 1 aliphatic heterocycles. The van der Waals surface area contributed by atoms with Crippen LogP contribution >= 0.6 is 11.6 Å². The molecule has 26 heavy (non-hydrogen) atoms. The minimum absolute atomic E-state index is 0.190. The summed E-state index contributed by atoms with van der Waals surface area (Å²) in [6.07, 6.45) is 1.62. The predicted molar refractivity (Wildman–Crippen MR) is 101 cm³/mol. The number of carbonyl (C=O) groups is 2. The number of benzene rings is 2. The Bertz CT molecular complexity index is 936. The fraction of sp³-hybridized carbons (Fsp3) is 0.238. The van der Waals surface area contributed by atoms with E-state index in [2.05, 4.69) is 0 Å². The fourth-order valence-corrected chi connectivity index (χ4v) is 2.66. The van der Waals surface area contributed by atoms with Crippen LogP contribution in [0.15, 0.2) is 42.2 Å². The molecule has 134 valence electrons. The maximum absolute atomic E-state index is 12.6. The van der Waals surface area contributed by atoms with Gasteiger partial charge in [0.1, 0.15) is 11.5 Å². The summed E-state index contributed by atoms with van der Waals surface area (Å²) in [6.45, 7) is 7.10. The van der Waals surface area contributed by atoms with E-state index in [9.17, 15) is 9.59 Å². The Kier molecular flexibility index (Phi) is 4.63. The first-order valence-corrected chi connectivity index (χ1v) is 8.61. The molecule has 0 aliphatic carbocycles. The van der Waals surface area contributed by atoms with Crippen molar-refractivity contribution in [1.29, 1.82) is 0 Å². The Labute approximate surface area is 157 Å². The van der Waals surface area contributed by atoms with Crippen LogP contribution in [-0.2, 0) is 4.79 Å². The zero-order chi connectivity index (χ0) is 19.1. The molecule has 0 spiro atoms. The van der Waals surface area contributed by atoms with Gasteiger partial charge >= 0.3 is 5.97 Å². The maximum Gasteiger partial charge on any atom is 0.316 e. The third kappa shape index (κ3) is 3.37. The standard InChI is InChI=1S/C21H19ClO4/c1-12-16(26-20(24)21(2,3)4)10-9-14-18(23)17(25-19(12)14)11-13-7-5-6-8-15(13)22/h5-11H,1-4H3/b17-11-. The van der Waals surface area contributed by atoms with Crippen molar-refractivity contribution in [2.75, 3.05) is 0 Å². The van der Waals surface area contributed by atoms with E-state index in [1.165, 1.54) is 0 Å². The van der Waals surface area contributed by atoms with E-state index in [1.807, 2.05) is 12.1 Å². The summed E-state index contributed by atoms with van der Waals surface area (Å²) in [5.41, 5.74) is 1.12. The lowest BCUT2D eigenvalue weighted by Gasteiger charge is -2.17. The highest BCUT2D eigenvalue weighted by Crippen LogP contribution is 2.40. The van der Waals surface area contributed by atoms with Crippen LogP contribution in [0.5, 0.6) is 11.5 Å². The highest BCUT2D eigenvalue weighted by molar-refractivity contribution is 6.32. The van der Waals surface area contributed by atoms with Crippen molar-refractivity contribution in [3.05, 3.63) is 63.9 Å². The molecule has 0 saturated heterocycles. The molecular weight excluding hydrogens is 352 g/mol. The van der Waals surface area contributed by atoms with Gasteiger partial charge in [-0.25, -0.2) is 0 Å². The van der Waals surface area contributed by atoms with Crippen LogP contribution in [0.4, 0.5) is 0 Å². The number of ether oxygens (including phenoxy) is 2. The minimum atomic E-state index is -0.628. The zero-order valence-corrected chi connectivity index (χ0v) is 15.8. The van der Waals surface area contributed by atoms with E-state index >= 15 is 0 Å². The van der Waals surface area contributed by atoms with Crippen molar-refractivity contribution < 1.29 is 19.1 Å². The van der Waals surface area contributed by atoms with E-state index in [0.717, 1.165) is 0 Å². The van der Waals surface area contributed by atoms with Gasteiger partial charge in [-0.15, -0.1) is 0 Å². The van der Waals surface area contributed by atoms with Gasteiger partial charge in [0.25, 0.3) is 0 Å². The van der Waals surface area contributed by atoms with Crippen molar-refractivity contribution in [3.63, 3.8) is 0 Å². The molecule has 2 aromatic carbocycles. The number of Topliss-reactive ketones (excluding diaryl/α,β-unsaturated/α-hetero) is 1. The highest BCUT2D eigenvalue weighted by Gasteiger charge is 2.31. The van der Waals surface area contributed by atoms with E-state index in [0.29, 0.717) is 33.2 Å². The molecule has 0 N–H and O–H groups in total. The minimum Gasteiger partial charge on any atom is -0.452 e. The number of rotatable bonds is 2. The Balaban J connectivity index is 1.94. The molecule has 0 radical (unpaired) electrons. The Morgan fingerprint density at radius 3 is 2.50 bits per heavy atom. The number of hydrogen-bond donors (Lipinski definition) is 0. The lowest BCUT2D eigenvalue weighted by molar-refractivity contribution is -0.143. The number of allylic oxidation sites excluding steroid dienone is 1. The predicted octanol–water partition coefficient (Wildman–Crippen LogP) is 5.22. The smallest absolute Gasteiger partial charge is 0.316 e. The molecular formula is C21H19ClO4. The largest absolute Gasteiger partial charge is 0.452 e. The molecule has 1 heterocycles. The number of halogens is 1. The monoisotopic (exact) mass is 370 g/mol. The number of esters is 1. The summed E-state index contributed by atoms with van der Waals surface area (Å²) in [7, 11) is 0. The van der Waals surface area contributed by atoms with Gasteiger partial charge in [-0.1, -0.05) is 29.8 Å². The van der Waals surface area contributed by atoms with Crippen LogP contribution in [-0.4, -0.2) is 11.8 Å². The van der Waals surface area contributed by atoms with Gasteiger partial charge in [-0.2, -0.15) is 0 Å². The van der Waals surface area contributed by atoms with Crippen LogP contribution in [0, 0.1) is 12.3 Å². The quantitative estimate of drug-likeness (QED) is 0.413. The van der Waals surface area contributed by atoms with E-state index in [1.54, 1.807) is 58.0 Å². The van der Waals surface area contributed by atoms with Crippen LogP contribution in [0.2, 0.25) is 5.02 Å². The molecule has 2 aromatic rings. The Hall–Kier alpha value is -2.59. The lowest BCUT2D eigenvalue weighted by Crippen LogP contribution is -2.25. The molecule has 0 amide bonds. The molecule has 3 rings (SSSR count). The highest BCUT2D eigenvalue weighted by atomic mass is 35.5. The topological polar surface area (TPSA) is 52.6 Å². The molecule has 0 atom stereocenters. The van der Waals surface area contributed by atoms with Crippen LogP contribution in [0.1, 0.15) is 42.3 Å². The second-order valence-corrected chi connectivity index (χ2v) is 7.57. The molecule has 0 bridgehead atoms. The number of carbonyl (C=O) groups excluding carboxylic acids is 2. The van der Waals surface area contributed by atoms with Gasteiger partial charge in [0, 0.05) is 10.6 Å². The number of fused-ring (bicyclic) bond motifs is 1. The van der Waals surface area contributed by atoms with Gasteiger partial charge < -0.3 is 9.47 Å². The van der Waals surface area contributed by atoms with Gasteiger partial charge in [0.05, 0.1) is 11.0 Å². The SMILES string of the molecule is Cc1c(OC(=O)C(C)(C)C)ccc2c1O/C(=C\c1ccccc1Cl)C2=O. The molecule has 0 fully saturated rings. The molecule has 0 aromatic heterocycles. The summed E-state index contributed by atoms with van der Waals surface area (Å²) in [5, 5.41) is 0.531. The second kappa shape index (κ2) is 6.61. The third-order valence-electron chi connectivity index (χ3n) is 4.04. The average molecular weight is 371 g/mol. The van der Waals surface area contributed by atoms with Crippen molar-refractivity contribution in [3.8, 4) is 11.5 Å². The maximum atomic E-state index is 12.6. The van der Waals surface area contributed by atoms with Crippen molar-refractivity contribution in [1.82, 2.24) is 0 Å². The van der Waals surface area contributed by atoms with Crippen molar-refractivity contribution >= 4 is 29.4 Å². The van der Waals surface area contributed by atoms with Crippen LogP contribution < -0.4 is 9.47 Å². The van der Waals surface area contributed by atoms with Crippen LogP contribution in [0.25, 0.3) is 6.08 Å². The molecule has 0 unspecified atom stereocenters. The summed E-state index contributed by atoms with van der Waals surface area (Å²) in [6, 6.07) is 10.4. The third-order valence-corrected chi connectivity index (χ3v) is 4.39. The normalized spacial score (nSPS) is 15.0. The van der Waals surface area contributed by atoms with Crippen molar-refractivity contribution in [2.24, 2.45) is 5.41 Å². The summed E-state index contributed by atoms with van der Waals surface area (Å²) < 4.78 is 11.3. The zero-order valence-electron chi connectivity index (χ0n) is 15.1. The fourth-order valence-electron chi connectivity index (χ4n) is 2.46. The van der Waals surface area contributed by atoms with Gasteiger partial charge in [-0.05, 0) is 57.5 Å². The average Bonchev–Trinajstić information content (AvgIpc) is 2.88. The second-order valence-electron chi connectivity index (χ2n) is 7.17. The summed E-state index contributed by atoms with van der Waals surface area (Å²) in [4.78, 5) is 24.8. The lowest BCUT2D eigenvalue weighted by atomic mass is 9.97. The van der Waals surface area contributed by atoms with E-state index in [-0.39, 0.29) is 17.5 Å². The summed E-state index contributed by atoms with van der Waals surface area (Å²) >= 11 is 6.15. The Morgan fingerprint density at radius 2 is 1.85 bits per heavy atom. The summed E-state index contributed by atoms with van der Waals surface area (Å²) in [5.74, 6) is 0.409.